The standard InChI is InChI=1S/C10H20.C6H11N3.C2H6/c1-3-5-7-9-10-8-6-4-2;1-5-3-6(2)9(4-7)8-5;1-2/h7,9H,3-6,8,10H2,1-2H3;3H,4,7H2,1-2H3;1-2H3/b9-7-;;. The summed E-state index contributed by atoms with van der Waals surface area (Å²) in [6, 6.07) is 2.01. The summed E-state index contributed by atoms with van der Waals surface area (Å²) in [7, 11) is 0. The van der Waals surface area contributed by atoms with Crippen molar-refractivity contribution in [3.63, 3.8) is 0 Å². The third kappa shape index (κ3) is 13.6. The highest BCUT2D eigenvalue weighted by atomic mass is 15.3. The molecule has 1 aromatic heterocycles. The molecule has 124 valence electrons. The number of unbranched alkanes of at least 4 members (excludes halogenated alkanes) is 4. The topological polar surface area (TPSA) is 43.8 Å². The second-order valence-electron chi connectivity index (χ2n) is 4.87. The summed E-state index contributed by atoms with van der Waals surface area (Å²) in [5, 5.41) is 4.12. The van der Waals surface area contributed by atoms with Crippen LogP contribution in [0.1, 0.15) is 77.6 Å². The average molecular weight is 296 g/mol. The quantitative estimate of drug-likeness (QED) is 0.543. The van der Waals surface area contributed by atoms with Crippen molar-refractivity contribution in [2.75, 3.05) is 0 Å². The fraction of sp³-hybridized carbons (Fsp3) is 0.722. The molecule has 0 bridgehead atoms. The number of hydrogen-bond acceptors (Lipinski definition) is 2. The molecule has 0 fully saturated rings. The van der Waals surface area contributed by atoms with E-state index in [1.165, 1.54) is 38.5 Å². The molecule has 0 aromatic carbocycles. The van der Waals surface area contributed by atoms with Crippen molar-refractivity contribution in [2.45, 2.75) is 86.7 Å². The maximum atomic E-state index is 5.36. The fourth-order valence-corrected chi connectivity index (χ4v) is 1.77. The Morgan fingerprint density at radius 1 is 1.05 bits per heavy atom. The maximum Gasteiger partial charge on any atom is 0.0881 e. The molecule has 0 aliphatic carbocycles. The van der Waals surface area contributed by atoms with Crippen LogP contribution in [0.25, 0.3) is 0 Å². The molecule has 0 aliphatic heterocycles. The first-order valence-electron chi connectivity index (χ1n) is 8.51. The van der Waals surface area contributed by atoms with Crippen LogP contribution in [0.15, 0.2) is 18.2 Å². The largest absolute Gasteiger partial charge is 0.312 e. The van der Waals surface area contributed by atoms with Crippen molar-refractivity contribution in [3.05, 3.63) is 29.6 Å². The summed E-state index contributed by atoms with van der Waals surface area (Å²) in [4.78, 5) is 0. The van der Waals surface area contributed by atoms with Gasteiger partial charge in [-0.1, -0.05) is 59.1 Å². The first kappa shape index (κ1) is 22.2. The molecule has 3 heteroatoms. The summed E-state index contributed by atoms with van der Waals surface area (Å²) in [6.45, 7) is 12.9. The molecule has 1 aromatic rings. The molecule has 1 heterocycles. The molecule has 0 radical (unpaired) electrons. The molecular weight excluding hydrogens is 258 g/mol. The van der Waals surface area contributed by atoms with Crippen molar-refractivity contribution < 1.29 is 0 Å². The highest BCUT2D eigenvalue weighted by molar-refractivity contribution is 5.06. The van der Waals surface area contributed by atoms with Crippen LogP contribution < -0.4 is 5.73 Å². The number of rotatable bonds is 7. The number of allylic oxidation sites excluding steroid dienone is 2. The zero-order chi connectivity index (χ0) is 16.5. The van der Waals surface area contributed by atoms with Crippen LogP contribution in [-0.2, 0) is 6.67 Å². The van der Waals surface area contributed by atoms with Crippen molar-refractivity contribution in [1.82, 2.24) is 9.78 Å². The Labute approximate surface area is 132 Å². The van der Waals surface area contributed by atoms with Crippen LogP contribution in [-0.4, -0.2) is 9.78 Å². The molecule has 0 unspecified atom stereocenters. The molecule has 0 saturated heterocycles. The molecule has 1 rings (SSSR count). The van der Waals surface area contributed by atoms with E-state index in [-0.39, 0.29) is 0 Å². The first-order chi connectivity index (χ1) is 10.2. The Balaban J connectivity index is 0. The van der Waals surface area contributed by atoms with Crippen LogP contribution in [0.5, 0.6) is 0 Å². The van der Waals surface area contributed by atoms with Gasteiger partial charge in [0.05, 0.1) is 12.4 Å². The van der Waals surface area contributed by atoms with E-state index < -0.39 is 0 Å². The van der Waals surface area contributed by atoms with Gasteiger partial charge in [0.15, 0.2) is 0 Å². The maximum absolute atomic E-state index is 5.36. The molecule has 3 nitrogen and oxygen atoms in total. The van der Waals surface area contributed by atoms with Gasteiger partial charge in [-0.25, -0.2) is 0 Å². The Bertz CT molecular complexity index is 340. The van der Waals surface area contributed by atoms with Crippen LogP contribution in [0.4, 0.5) is 0 Å². The highest BCUT2D eigenvalue weighted by Gasteiger charge is 1.95. The molecular formula is C18H37N3. The lowest BCUT2D eigenvalue weighted by molar-refractivity contribution is 0.615. The van der Waals surface area contributed by atoms with Crippen molar-refractivity contribution in [2.24, 2.45) is 5.73 Å². The van der Waals surface area contributed by atoms with E-state index in [4.69, 9.17) is 5.73 Å². The third-order valence-corrected chi connectivity index (χ3v) is 2.87. The Morgan fingerprint density at radius 3 is 2.05 bits per heavy atom. The SMILES string of the molecule is CC.CCC/C=C\CCCCC.Cc1cc(C)n(CN)n1. The lowest BCUT2D eigenvalue weighted by Crippen LogP contribution is -2.09. The van der Waals surface area contributed by atoms with E-state index in [0.717, 1.165) is 11.4 Å². The molecule has 21 heavy (non-hydrogen) atoms. The van der Waals surface area contributed by atoms with E-state index in [0.29, 0.717) is 6.67 Å². The van der Waals surface area contributed by atoms with Gasteiger partial charge in [0, 0.05) is 5.69 Å². The summed E-state index contributed by atoms with van der Waals surface area (Å²) < 4.78 is 1.77. The van der Waals surface area contributed by atoms with Gasteiger partial charge in [-0.05, 0) is 39.2 Å². The van der Waals surface area contributed by atoms with Crippen LogP contribution in [0.2, 0.25) is 0 Å². The number of nitrogens with zero attached hydrogens (tertiary/aromatic N) is 2. The van der Waals surface area contributed by atoms with E-state index in [1.807, 2.05) is 33.8 Å². The fourth-order valence-electron chi connectivity index (χ4n) is 1.77. The van der Waals surface area contributed by atoms with Crippen molar-refractivity contribution in [3.8, 4) is 0 Å². The zero-order valence-corrected chi connectivity index (χ0v) is 15.2. The van der Waals surface area contributed by atoms with Crippen LogP contribution >= 0.6 is 0 Å². The lowest BCUT2D eigenvalue weighted by Gasteiger charge is -1.95. The molecule has 0 spiro atoms. The predicted octanol–water partition coefficient (Wildman–Crippen LogP) is 5.37. The van der Waals surface area contributed by atoms with Gasteiger partial charge in [-0.3, -0.25) is 4.68 Å². The lowest BCUT2D eigenvalue weighted by atomic mass is 10.2. The van der Waals surface area contributed by atoms with E-state index in [2.05, 4.69) is 31.1 Å². The summed E-state index contributed by atoms with van der Waals surface area (Å²) in [6.07, 6.45) is 12.5. The highest BCUT2D eigenvalue weighted by Crippen LogP contribution is 2.00. The molecule has 2 N–H and O–H groups in total. The summed E-state index contributed by atoms with van der Waals surface area (Å²) in [5.74, 6) is 0. The van der Waals surface area contributed by atoms with Crippen LogP contribution in [0, 0.1) is 13.8 Å². The van der Waals surface area contributed by atoms with Gasteiger partial charge in [0.2, 0.25) is 0 Å². The number of aromatic nitrogens is 2. The minimum absolute atomic E-state index is 0.472. The predicted molar refractivity (Wildman–Crippen MR) is 95.4 cm³/mol. The third-order valence-electron chi connectivity index (χ3n) is 2.87. The number of hydrogen-bond donors (Lipinski definition) is 1. The van der Waals surface area contributed by atoms with Crippen LogP contribution in [0.3, 0.4) is 0 Å². The minimum Gasteiger partial charge on any atom is -0.312 e. The van der Waals surface area contributed by atoms with E-state index in [1.54, 1.807) is 4.68 Å². The van der Waals surface area contributed by atoms with Crippen molar-refractivity contribution >= 4 is 0 Å². The summed E-state index contributed by atoms with van der Waals surface area (Å²) in [5.41, 5.74) is 7.51. The Kier molecular flexibility index (Phi) is 17.9. The zero-order valence-electron chi connectivity index (χ0n) is 15.2. The van der Waals surface area contributed by atoms with E-state index >= 15 is 0 Å². The molecule has 0 atom stereocenters. The van der Waals surface area contributed by atoms with Gasteiger partial charge in [0.25, 0.3) is 0 Å². The van der Waals surface area contributed by atoms with Gasteiger partial charge < -0.3 is 5.73 Å². The second kappa shape index (κ2) is 17.0. The van der Waals surface area contributed by atoms with E-state index in [9.17, 15) is 0 Å². The Hall–Kier alpha value is -1.09. The van der Waals surface area contributed by atoms with Gasteiger partial charge in [-0.15, -0.1) is 0 Å². The number of aryl methyl sites for hydroxylation is 2. The average Bonchev–Trinajstić information content (AvgIpc) is 2.83. The number of nitrogens with two attached hydrogens (primary N) is 1. The Morgan fingerprint density at radius 2 is 1.67 bits per heavy atom. The molecule has 0 amide bonds. The monoisotopic (exact) mass is 295 g/mol. The summed E-state index contributed by atoms with van der Waals surface area (Å²) >= 11 is 0. The smallest absolute Gasteiger partial charge is 0.0881 e. The molecule has 0 saturated carbocycles. The first-order valence-corrected chi connectivity index (χ1v) is 8.51. The molecule has 0 aliphatic rings. The normalized spacial score (nSPS) is 9.86. The minimum atomic E-state index is 0.472. The van der Waals surface area contributed by atoms with Gasteiger partial charge in [-0.2, -0.15) is 5.10 Å². The second-order valence-corrected chi connectivity index (χ2v) is 4.87. The van der Waals surface area contributed by atoms with Gasteiger partial charge in [0.1, 0.15) is 0 Å². The van der Waals surface area contributed by atoms with Gasteiger partial charge >= 0.3 is 0 Å². The van der Waals surface area contributed by atoms with Crippen molar-refractivity contribution in [1.29, 1.82) is 0 Å².